The largest absolute Gasteiger partial charge is 0.392 e. The van der Waals surface area contributed by atoms with Crippen LogP contribution in [0.25, 0.3) is 10.9 Å². The number of aliphatic hydroxyl groups excluding tert-OH is 1. The van der Waals surface area contributed by atoms with Gasteiger partial charge in [0, 0.05) is 18.5 Å². The zero-order valence-electron chi connectivity index (χ0n) is 10.9. The molecule has 0 spiro atoms. The predicted octanol–water partition coefficient (Wildman–Crippen LogP) is 1.77. The lowest BCUT2D eigenvalue weighted by molar-refractivity contribution is 0.0670. The minimum absolute atomic E-state index is 0.195. The van der Waals surface area contributed by atoms with E-state index in [1.54, 1.807) is 0 Å². The number of nitrogens with two attached hydrogens (primary N) is 1. The van der Waals surface area contributed by atoms with E-state index < -0.39 is 0 Å². The smallest absolute Gasteiger partial charge is 0.124 e. The first-order valence-corrected chi connectivity index (χ1v) is 6.77. The third-order valence-corrected chi connectivity index (χ3v) is 3.70. The van der Waals surface area contributed by atoms with Crippen LogP contribution < -0.4 is 5.73 Å². The molecule has 2 heterocycles. The molecule has 1 saturated heterocycles. The number of hydrogen-bond acceptors (Lipinski definition) is 4. The van der Waals surface area contributed by atoms with Gasteiger partial charge in [0.05, 0.1) is 11.6 Å². The summed E-state index contributed by atoms with van der Waals surface area (Å²) in [5, 5.41) is 10.9. The molecule has 19 heavy (non-hydrogen) atoms. The maximum absolute atomic E-state index is 9.75. The second-order valence-electron chi connectivity index (χ2n) is 5.25. The van der Waals surface area contributed by atoms with Gasteiger partial charge in [0.15, 0.2) is 0 Å². The molecular formula is C15H19N3O. The Kier molecular flexibility index (Phi) is 3.36. The van der Waals surface area contributed by atoms with Gasteiger partial charge in [0.25, 0.3) is 0 Å². The number of benzene rings is 1. The Morgan fingerprint density at radius 2 is 2.21 bits per heavy atom. The lowest BCUT2D eigenvalue weighted by Crippen LogP contribution is -2.37. The molecule has 0 saturated carbocycles. The molecule has 0 amide bonds. The number of β-amino-alcohol motifs (C(OH)–C–C–N with tert-alkyl or cyclic N) is 1. The van der Waals surface area contributed by atoms with E-state index in [1.165, 1.54) is 5.56 Å². The average Bonchev–Trinajstić information content (AvgIpc) is 2.38. The third-order valence-electron chi connectivity index (χ3n) is 3.70. The topological polar surface area (TPSA) is 62.4 Å². The van der Waals surface area contributed by atoms with Crippen molar-refractivity contribution in [2.24, 2.45) is 0 Å². The van der Waals surface area contributed by atoms with Gasteiger partial charge in [-0.25, -0.2) is 4.98 Å². The normalized spacial score (nSPS) is 20.8. The molecule has 3 rings (SSSR count). The van der Waals surface area contributed by atoms with Crippen molar-refractivity contribution in [1.29, 1.82) is 0 Å². The minimum atomic E-state index is -0.195. The average molecular weight is 257 g/mol. The molecule has 0 radical (unpaired) electrons. The monoisotopic (exact) mass is 257 g/mol. The highest BCUT2D eigenvalue weighted by Crippen LogP contribution is 2.22. The number of anilines is 1. The number of likely N-dealkylation sites (tertiary alicyclic amines) is 1. The molecule has 100 valence electrons. The highest BCUT2D eigenvalue weighted by Gasteiger charge is 2.18. The Morgan fingerprint density at radius 3 is 3.05 bits per heavy atom. The number of aliphatic hydroxyl groups is 1. The first-order chi connectivity index (χ1) is 9.22. The van der Waals surface area contributed by atoms with Crippen molar-refractivity contribution in [3.63, 3.8) is 0 Å². The summed E-state index contributed by atoms with van der Waals surface area (Å²) >= 11 is 0. The molecule has 0 aliphatic carbocycles. The second kappa shape index (κ2) is 5.15. The number of piperidine rings is 1. The number of fused-ring (bicyclic) bond motifs is 1. The lowest BCUT2D eigenvalue weighted by Gasteiger charge is -2.30. The van der Waals surface area contributed by atoms with Crippen LogP contribution in [0.2, 0.25) is 0 Å². The summed E-state index contributed by atoms with van der Waals surface area (Å²) in [6.45, 7) is 2.61. The van der Waals surface area contributed by atoms with Crippen LogP contribution in [0.5, 0.6) is 0 Å². The summed E-state index contributed by atoms with van der Waals surface area (Å²) in [6.07, 6.45) is 1.77. The second-order valence-corrected chi connectivity index (χ2v) is 5.25. The fourth-order valence-electron chi connectivity index (χ4n) is 2.82. The number of para-hydroxylation sites is 1. The van der Waals surface area contributed by atoms with Gasteiger partial charge in [-0.1, -0.05) is 18.2 Å². The van der Waals surface area contributed by atoms with Crippen LogP contribution in [0.1, 0.15) is 18.4 Å². The first-order valence-electron chi connectivity index (χ1n) is 6.77. The summed E-state index contributed by atoms with van der Waals surface area (Å²) in [4.78, 5) is 6.64. The third kappa shape index (κ3) is 2.69. The Balaban J connectivity index is 1.91. The van der Waals surface area contributed by atoms with Gasteiger partial charge in [-0.05, 0) is 37.1 Å². The summed E-state index contributed by atoms with van der Waals surface area (Å²) in [5.74, 6) is 0.561. The molecule has 2 aromatic rings. The van der Waals surface area contributed by atoms with E-state index in [2.05, 4.69) is 16.0 Å². The van der Waals surface area contributed by atoms with Crippen molar-refractivity contribution in [1.82, 2.24) is 9.88 Å². The number of aromatic nitrogens is 1. The van der Waals surface area contributed by atoms with Gasteiger partial charge in [-0.15, -0.1) is 0 Å². The van der Waals surface area contributed by atoms with Crippen molar-refractivity contribution < 1.29 is 5.11 Å². The number of rotatable bonds is 2. The van der Waals surface area contributed by atoms with Crippen LogP contribution in [-0.2, 0) is 6.54 Å². The lowest BCUT2D eigenvalue weighted by atomic mass is 10.0. The van der Waals surface area contributed by atoms with Crippen LogP contribution in [0.3, 0.4) is 0 Å². The van der Waals surface area contributed by atoms with Crippen LogP contribution in [0, 0.1) is 0 Å². The van der Waals surface area contributed by atoms with E-state index in [0.717, 1.165) is 43.4 Å². The maximum atomic E-state index is 9.75. The van der Waals surface area contributed by atoms with E-state index in [-0.39, 0.29) is 6.10 Å². The number of nitrogen functional groups attached to an aromatic ring is 1. The quantitative estimate of drug-likeness (QED) is 0.860. The van der Waals surface area contributed by atoms with Crippen LogP contribution in [-0.4, -0.2) is 34.2 Å². The van der Waals surface area contributed by atoms with Crippen LogP contribution in [0.15, 0.2) is 30.3 Å². The van der Waals surface area contributed by atoms with Crippen molar-refractivity contribution in [3.8, 4) is 0 Å². The summed E-state index contributed by atoms with van der Waals surface area (Å²) < 4.78 is 0. The SMILES string of the molecule is Nc1cc(CN2CCCC(O)C2)c2ccccc2n1. The molecule has 1 aromatic carbocycles. The molecule has 4 heteroatoms. The number of nitrogens with zero attached hydrogens (tertiary/aromatic N) is 2. The number of pyridine rings is 1. The van der Waals surface area contributed by atoms with Gasteiger partial charge in [0.2, 0.25) is 0 Å². The van der Waals surface area contributed by atoms with E-state index in [1.807, 2.05) is 24.3 Å². The molecule has 1 aromatic heterocycles. The van der Waals surface area contributed by atoms with Crippen molar-refractivity contribution in [2.75, 3.05) is 18.8 Å². The summed E-state index contributed by atoms with van der Waals surface area (Å²) in [6, 6.07) is 10.0. The van der Waals surface area contributed by atoms with Gasteiger partial charge < -0.3 is 10.8 Å². The predicted molar refractivity (Wildman–Crippen MR) is 76.7 cm³/mol. The van der Waals surface area contributed by atoms with Gasteiger partial charge >= 0.3 is 0 Å². The molecular weight excluding hydrogens is 238 g/mol. The molecule has 1 aliphatic rings. The van der Waals surface area contributed by atoms with Gasteiger partial charge in [-0.2, -0.15) is 0 Å². The van der Waals surface area contributed by atoms with E-state index in [0.29, 0.717) is 5.82 Å². The van der Waals surface area contributed by atoms with Crippen molar-refractivity contribution in [2.45, 2.75) is 25.5 Å². The Labute approximate surface area is 112 Å². The standard InChI is InChI=1S/C15H19N3O/c16-15-8-11(9-18-7-3-4-12(19)10-18)13-5-1-2-6-14(13)17-15/h1-2,5-6,8,12,19H,3-4,7,9-10H2,(H2,16,17). The molecule has 1 fully saturated rings. The Morgan fingerprint density at radius 1 is 1.37 bits per heavy atom. The van der Waals surface area contributed by atoms with Gasteiger partial charge in [0.1, 0.15) is 5.82 Å². The molecule has 3 N–H and O–H groups in total. The minimum Gasteiger partial charge on any atom is -0.392 e. The summed E-state index contributed by atoms with van der Waals surface area (Å²) in [7, 11) is 0. The van der Waals surface area contributed by atoms with Crippen molar-refractivity contribution in [3.05, 3.63) is 35.9 Å². The molecule has 1 atom stereocenters. The Bertz CT molecular complexity index is 585. The zero-order valence-corrected chi connectivity index (χ0v) is 10.9. The van der Waals surface area contributed by atoms with Gasteiger partial charge in [-0.3, -0.25) is 4.90 Å². The highest BCUT2D eigenvalue weighted by molar-refractivity contribution is 5.83. The Hall–Kier alpha value is -1.65. The highest BCUT2D eigenvalue weighted by atomic mass is 16.3. The molecule has 4 nitrogen and oxygen atoms in total. The molecule has 1 unspecified atom stereocenters. The fourth-order valence-corrected chi connectivity index (χ4v) is 2.82. The summed E-state index contributed by atoms with van der Waals surface area (Å²) in [5.41, 5.74) is 8.01. The fraction of sp³-hybridized carbons (Fsp3) is 0.400. The first kappa shape index (κ1) is 12.4. The van der Waals surface area contributed by atoms with E-state index >= 15 is 0 Å². The van der Waals surface area contributed by atoms with E-state index in [9.17, 15) is 5.11 Å². The maximum Gasteiger partial charge on any atom is 0.124 e. The van der Waals surface area contributed by atoms with Crippen LogP contribution >= 0.6 is 0 Å². The number of hydrogen-bond donors (Lipinski definition) is 2. The van der Waals surface area contributed by atoms with Crippen LogP contribution in [0.4, 0.5) is 5.82 Å². The van der Waals surface area contributed by atoms with E-state index in [4.69, 9.17) is 5.73 Å². The molecule has 0 bridgehead atoms. The van der Waals surface area contributed by atoms with Crippen molar-refractivity contribution >= 4 is 16.7 Å². The zero-order chi connectivity index (χ0) is 13.2. The molecule has 1 aliphatic heterocycles.